The van der Waals surface area contributed by atoms with Crippen molar-refractivity contribution in [3.05, 3.63) is 33.9 Å². The zero-order valence-electron chi connectivity index (χ0n) is 15.6. The summed E-state index contributed by atoms with van der Waals surface area (Å²) in [6.45, 7) is 5.94. The summed E-state index contributed by atoms with van der Waals surface area (Å²) < 4.78 is 5.32. The van der Waals surface area contributed by atoms with Gasteiger partial charge in [-0.15, -0.1) is 11.3 Å². The molecule has 1 N–H and O–H groups in total. The maximum absolute atomic E-state index is 12.7. The van der Waals surface area contributed by atoms with Crippen LogP contribution in [0.15, 0.2) is 22.0 Å². The minimum Gasteiger partial charge on any atom is -0.355 e. The Labute approximate surface area is 161 Å². The predicted molar refractivity (Wildman–Crippen MR) is 105 cm³/mol. The van der Waals surface area contributed by atoms with Crippen molar-refractivity contribution in [3.63, 3.8) is 0 Å². The maximum Gasteiger partial charge on any atom is 0.263 e. The Kier molecular flexibility index (Phi) is 5.07. The standard InChI is InChI=1S/C19H23N5O2S/c1-12-16-17(21-13(2)22-19(16)26-23-12)24-9-3-5-14(11-24)18(25)20-8-7-15-6-4-10-27-15/h4,6,10,14H,3,5,7-9,11H2,1-2H3,(H,20,25). The van der Waals surface area contributed by atoms with Gasteiger partial charge in [0.1, 0.15) is 17.0 Å². The number of nitrogens with zero attached hydrogens (tertiary/aromatic N) is 4. The lowest BCUT2D eigenvalue weighted by Crippen LogP contribution is -2.44. The van der Waals surface area contributed by atoms with Crippen LogP contribution in [-0.2, 0) is 11.2 Å². The van der Waals surface area contributed by atoms with E-state index in [1.807, 2.05) is 19.9 Å². The number of amides is 1. The summed E-state index contributed by atoms with van der Waals surface area (Å²) in [5.41, 5.74) is 1.29. The molecule has 1 unspecified atom stereocenters. The van der Waals surface area contributed by atoms with E-state index in [9.17, 15) is 4.79 Å². The van der Waals surface area contributed by atoms with Gasteiger partial charge in [-0.2, -0.15) is 4.98 Å². The van der Waals surface area contributed by atoms with Gasteiger partial charge in [0.05, 0.1) is 11.6 Å². The van der Waals surface area contributed by atoms with Crippen molar-refractivity contribution >= 4 is 34.2 Å². The Hall–Kier alpha value is -2.48. The second-order valence-corrected chi connectivity index (χ2v) is 7.98. The van der Waals surface area contributed by atoms with Gasteiger partial charge in [-0.05, 0) is 44.6 Å². The topological polar surface area (TPSA) is 84.2 Å². The molecular weight excluding hydrogens is 362 g/mol. The van der Waals surface area contributed by atoms with Gasteiger partial charge in [-0.25, -0.2) is 4.98 Å². The highest BCUT2D eigenvalue weighted by molar-refractivity contribution is 7.09. The lowest BCUT2D eigenvalue weighted by molar-refractivity contribution is -0.125. The molecule has 4 rings (SSSR count). The number of thiophene rings is 1. The minimum absolute atomic E-state index is 0.0347. The van der Waals surface area contributed by atoms with Gasteiger partial charge in [0.2, 0.25) is 5.91 Å². The number of anilines is 1. The summed E-state index contributed by atoms with van der Waals surface area (Å²) in [6.07, 6.45) is 2.74. The number of aromatic nitrogens is 3. The van der Waals surface area contributed by atoms with Crippen LogP contribution in [0.25, 0.3) is 11.1 Å². The fourth-order valence-electron chi connectivity index (χ4n) is 3.59. The molecule has 3 aromatic heterocycles. The van der Waals surface area contributed by atoms with E-state index in [1.54, 1.807) is 11.3 Å². The number of aryl methyl sites for hydroxylation is 2. The van der Waals surface area contributed by atoms with E-state index in [4.69, 9.17) is 4.52 Å². The number of nitrogens with one attached hydrogen (secondary N) is 1. The monoisotopic (exact) mass is 385 g/mol. The molecule has 4 heterocycles. The first-order valence-electron chi connectivity index (χ1n) is 9.27. The van der Waals surface area contributed by atoms with Crippen molar-refractivity contribution in [3.8, 4) is 0 Å². The molecule has 0 radical (unpaired) electrons. The Balaban J connectivity index is 1.45. The largest absolute Gasteiger partial charge is 0.355 e. The van der Waals surface area contributed by atoms with Gasteiger partial charge in [0.25, 0.3) is 5.71 Å². The molecule has 0 saturated carbocycles. The molecule has 0 aromatic carbocycles. The first-order valence-corrected chi connectivity index (χ1v) is 10.2. The number of carbonyl (C=O) groups is 1. The molecule has 1 aliphatic rings. The molecule has 7 nitrogen and oxygen atoms in total. The summed E-state index contributed by atoms with van der Waals surface area (Å²) in [5.74, 6) is 1.57. The van der Waals surface area contributed by atoms with E-state index in [0.29, 0.717) is 24.6 Å². The van der Waals surface area contributed by atoms with Crippen molar-refractivity contribution < 1.29 is 9.32 Å². The predicted octanol–water partition coefficient (Wildman–Crippen LogP) is 2.87. The van der Waals surface area contributed by atoms with E-state index in [-0.39, 0.29) is 11.8 Å². The molecule has 1 aliphatic heterocycles. The van der Waals surface area contributed by atoms with Crippen LogP contribution >= 0.6 is 11.3 Å². The van der Waals surface area contributed by atoms with Crippen molar-refractivity contribution in [2.24, 2.45) is 5.92 Å². The summed E-state index contributed by atoms with van der Waals surface area (Å²) >= 11 is 1.72. The molecule has 1 atom stereocenters. The Morgan fingerprint density at radius 2 is 2.30 bits per heavy atom. The van der Waals surface area contributed by atoms with Crippen molar-refractivity contribution in [1.82, 2.24) is 20.4 Å². The summed E-state index contributed by atoms with van der Waals surface area (Å²) in [7, 11) is 0. The number of fused-ring (bicyclic) bond motifs is 1. The van der Waals surface area contributed by atoms with Gasteiger partial charge in [0, 0.05) is 24.5 Å². The fourth-order valence-corrected chi connectivity index (χ4v) is 4.30. The zero-order chi connectivity index (χ0) is 18.8. The molecule has 0 aliphatic carbocycles. The van der Waals surface area contributed by atoms with Crippen LogP contribution in [0.1, 0.15) is 29.2 Å². The first-order chi connectivity index (χ1) is 13.1. The highest BCUT2D eigenvalue weighted by atomic mass is 32.1. The van der Waals surface area contributed by atoms with E-state index in [2.05, 4.69) is 36.8 Å². The average molecular weight is 385 g/mol. The maximum atomic E-state index is 12.7. The smallest absolute Gasteiger partial charge is 0.263 e. The third kappa shape index (κ3) is 3.80. The molecule has 142 valence electrons. The number of piperidine rings is 1. The van der Waals surface area contributed by atoms with E-state index < -0.39 is 0 Å². The van der Waals surface area contributed by atoms with Crippen molar-refractivity contribution in [2.45, 2.75) is 33.1 Å². The minimum atomic E-state index is -0.0347. The van der Waals surface area contributed by atoms with Crippen LogP contribution in [0, 0.1) is 19.8 Å². The molecule has 3 aromatic rings. The lowest BCUT2D eigenvalue weighted by Gasteiger charge is -2.33. The summed E-state index contributed by atoms with van der Waals surface area (Å²) in [5, 5.41) is 10.0. The van der Waals surface area contributed by atoms with E-state index >= 15 is 0 Å². The Bertz CT molecular complexity index is 937. The molecule has 8 heteroatoms. The summed E-state index contributed by atoms with van der Waals surface area (Å²) in [6, 6.07) is 4.14. The SMILES string of the molecule is Cc1nc(N2CCCC(C(=O)NCCc3cccs3)C2)c2c(C)noc2n1. The molecule has 1 amide bonds. The van der Waals surface area contributed by atoms with Crippen LogP contribution in [0.3, 0.4) is 0 Å². The summed E-state index contributed by atoms with van der Waals surface area (Å²) in [4.78, 5) is 25.1. The van der Waals surface area contributed by atoms with Gasteiger partial charge in [0.15, 0.2) is 0 Å². The number of hydrogen-bond acceptors (Lipinski definition) is 7. The molecule has 1 saturated heterocycles. The van der Waals surface area contributed by atoms with E-state index in [1.165, 1.54) is 4.88 Å². The van der Waals surface area contributed by atoms with Gasteiger partial charge < -0.3 is 14.7 Å². The molecule has 0 bridgehead atoms. The molecule has 0 spiro atoms. The quantitative estimate of drug-likeness (QED) is 0.727. The van der Waals surface area contributed by atoms with Crippen LogP contribution in [-0.4, -0.2) is 40.7 Å². The van der Waals surface area contributed by atoms with Gasteiger partial charge in [-0.3, -0.25) is 4.79 Å². The highest BCUT2D eigenvalue weighted by Crippen LogP contribution is 2.30. The normalized spacial score (nSPS) is 17.4. The molecular formula is C19H23N5O2S. The third-order valence-electron chi connectivity index (χ3n) is 4.94. The Morgan fingerprint density at radius 3 is 3.11 bits per heavy atom. The van der Waals surface area contributed by atoms with Crippen molar-refractivity contribution in [1.29, 1.82) is 0 Å². The van der Waals surface area contributed by atoms with Crippen molar-refractivity contribution in [2.75, 3.05) is 24.5 Å². The number of hydrogen-bond donors (Lipinski definition) is 1. The fraction of sp³-hybridized carbons (Fsp3) is 0.474. The number of rotatable bonds is 5. The first kappa shape index (κ1) is 17.9. The second-order valence-electron chi connectivity index (χ2n) is 6.95. The lowest BCUT2D eigenvalue weighted by atomic mass is 9.97. The average Bonchev–Trinajstić information content (AvgIpc) is 3.31. The van der Waals surface area contributed by atoms with Crippen LogP contribution in [0.5, 0.6) is 0 Å². The van der Waals surface area contributed by atoms with Crippen LogP contribution in [0.4, 0.5) is 5.82 Å². The number of carbonyl (C=O) groups excluding carboxylic acids is 1. The Morgan fingerprint density at radius 1 is 1.41 bits per heavy atom. The molecule has 1 fully saturated rings. The second kappa shape index (κ2) is 7.64. The van der Waals surface area contributed by atoms with E-state index in [0.717, 1.165) is 42.7 Å². The zero-order valence-corrected chi connectivity index (χ0v) is 16.4. The third-order valence-corrected chi connectivity index (χ3v) is 5.88. The van der Waals surface area contributed by atoms with Gasteiger partial charge in [-0.1, -0.05) is 11.2 Å². The van der Waals surface area contributed by atoms with Crippen LogP contribution in [0.2, 0.25) is 0 Å². The highest BCUT2D eigenvalue weighted by Gasteiger charge is 2.28. The van der Waals surface area contributed by atoms with Gasteiger partial charge >= 0.3 is 0 Å². The van der Waals surface area contributed by atoms with Crippen LogP contribution < -0.4 is 10.2 Å². The molecule has 27 heavy (non-hydrogen) atoms.